The van der Waals surface area contributed by atoms with Gasteiger partial charge in [-0.15, -0.1) is 12.4 Å². The van der Waals surface area contributed by atoms with Gasteiger partial charge in [0, 0.05) is 25.9 Å². The maximum atomic E-state index is 13.0. The molecule has 2 aliphatic rings. The van der Waals surface area contributed by atoms with Gasteiger partial charge in [-0.1, -0.05) is 19.3 Å². The van der Waals surface area contributed by atoms with E-state index in [1.807, 2.05) is 0 Å². The normalized spacial score (nSPS) is 25.5. The average molecular weight is 297 g/mol. The predicted molar refractivity (Wildman–Crippen MR) is 72.6 cm³/mol. The molecule has 1 heterocycles. The van der Waals surface area contributed by atoms with Crippen LogP contribution in [0.4, 0.5) is 8.78 Å². The standard InChI is InChI=1S/C13H22F2N2O.ClH/c14-13(15)6-8-17(9-7-13)12(18)11(16)10-4-2-1-3-5-10;/h10-11H,1-9,16H2;1H/t11-;/m0./s1. The Kier molecular flexibility index (Phi) is 5.99. The molecule has 19 heavy (non-hydrogen) atoms. The Morgan fingerprint density at radius 2 is 1.68 bits per heavy atom. The third-order valence-corrected chi connectivity index (χ3v) is 4.25. The van der Waals surface area contributed by atoms with Gasteiger partial charge in [0.05, 0.1) is 6.04 Å². The number of amides is 1. The van der Waals surface area contributed by atoms with Crippen LogP contribution in [-0.4, -0.2) is 35.9 Å². The summed E-state index contributed by atoms with van der Waals surface area (Å²) in [4.78, 5) is 13.7. The summed E-state index contributed by atoms with van der Waals surface area (Å²) in [6.07, 6.45) is 5.01. The monoisotopic (exact) mass is 296 g/mol. The Morgan fingerprint density at radius 1 is 1.16 bits per heavy atom. The summed E-state index contributed by atoms with van der Waals surface area (Å²) in [6, 6.07) is -0.489. The van der Waals surface area contributed by atoms with E-state index in [1.54, 1.807) is 0 Å². The highest BCUT2D eigenvalue weighted by atomic mass is 35.5. The average Bonchev–Trinajstić information content (AvgIpc) is 2.38. The second-order valence-corrected chi connectivity index (χ2v) is 5.61. The fourth-order valence-electron chi connectivity index (χ4n) is 2.96. The first-order chi connectivity index (χ1) is 8.49. The number of piperidine rings is 1. The highest BCUT2D eigenvalue weighted by Gasteiger charge is 2.38. The topological polar surface area (TPSA) is 46.3 Å². The van der Waals surface area contributed by atoms with Crippen molar-refractivity contribution in [1.29, 1.82) is 0 Å². The molecule has 0 radical (unpaired) electrons. The van der Waals surface area contributed by atoms with Crippen LogP contribution < -0.4 is 5.73 Å². The molecule has 0 aromatic carbocycles. The van der Waals surface area contributed by atoms with Crippen LogP contribution in [0, 0.1) is 5.92 Å². The molecule has 1 atom stereocenters. The van der Waals surface area contributed by atoms with Gasteiger partial charge >= 0.3 is 0 Å². The van der Waals surface area contributed by atoms with Crippen molar-refractivity contribution in [2.24, 2.45) is 11.7 Å². The zero-order valence-electron chi connectivity index (χ0n) is 11.1. The molecule has 6 heteroatoms. The number of rotatable bonds is 2. The molecule has 2 N–H and O–H groups in total. The molecule has 0 unspecified atom stereocenters. The molecule has 1 saturated carbocycles. The molecule has 0 bridgehead atoms. The minimum atomic E-state index is -2.61. The van der Waals surface area contributed by atoms with E-state index < -0.39 is 12.0 Å². The zero-order chi connectivity index (χ0) is 13.2. The number of carbonyl (C=O) groups is 1. The van der Waals surface area contributed by atoms with Crippen molar-refractivity contribution in [1.82, 2.24) is 4.90 Å². The van der Waals surface area contributed by atoms with Crippen LogP contribution in [-0.2, 0) is 4.79 Å². The van der Waals surface area contributed by atoms with E-state index in [4.69, 9.17) is 5.73 Å². The lowest BCUT2D eigenvalue weighted by atomic mass is 9.83. The van der Waals surface area contributed by atoms with E-state index in [2.05, 4.69) is 0 Å². The van der Waals surface area contributed by atoms with Crippen LogP contribution in [0.15, 0.2) is 0 Å². The lowest BCUT2D eigenvalue weighted by Crippen LogP contribution is -2.52. The van der Waals surface area contributed by atoms with Crippen LogP contribution in [0.2, 0.25) is 0 Å². The van der Waals surface area contributed by atoms with Crippen LogP contribution in [0.5, 0.6) is 0 Å². The fourth-order valence-corrected chi connectivity index (χ4v) is 2.96. The van der Waals surface area contributed by atoms with Gasteiger partial charge in [-0.25, -0.2) is 8.78 Å². The van der Waals surface area contributed by atoms with Crippen LogP contribution in [0.1, 0.15) is 44.9 Å². The molecule has 3 nitrogen and oxygen atoms in total. The van der Waals surface area contributed by atoms with Crippen LogP contribution >= 0.6 is 12.4 Å². The SMILES string of the molecule is Cl.N[C@H](C(=O)N1CCC(F)(F)CC1)C1CCCCC1. The van der Waals surface area contributed by atoms with Gasteiger partial charge in [-0.3, -0.25) is 4.79 Å². The van der Waals surface area contributed by atoms with E-state index in [-0.39, 0.29) is 50.2 Å². The molecule has 1 saturated heterocycles. The van der Waals surface area contributed by atoms with E-state index >= 15 is 0 Å². The number of halogens is 3. The maximum Gasteiger partial charge on any atom is 0.251 e. The molecule has 112 valence electrons. The number of alkyl halides is 2. The van der Waals surface area contributed by atoms with Crippen molar-refractivity contribution in [3.63, 3.8) is 0 Å². The Hall–Kier alpha value is -0.420. The third kappa shape index (κ3) is 4.28. The van der Waals surface area contributed by atoms with Gasteiger partial charge in [0.25, 0.3) is 5.92 Å². The predicted octanol–water partition coefficient (Wildman–Crippen LogP) is 2.57. The molecule has 1 aliphatic heterocycles. The van der Waals surface area contributed by atoms with E-state index in [0.29, 0.717) is 0 Å². The van der Waals surface area contributed by atoms with Crippen molar-refractivity contribution in [2.45, 2.75) is 56.9 Å². The summed E-state index contributed by atoms with van der Waals surface area (Å²) < 4.78 is 26.1. The highest BCUT2D eigenvalue weighted by molar-refractivity contribution is 5.85. The van der Waals surface area contributed by atoms with E-state index in [1.165, 1.54) is 11.3 Å². The summed E-state index contributed by atoms with van der Waals surface area (Å²) in [5, 5.41) is 0. The third-order valence-electron chi connectivity index (χ3n) is 4.25. The van der Waals surface area contributed by atoms with Gasteiger partial charge in [-0.2, -0.15) is 0 Å². The second kappa shape index (κ2) is 6.84. The van der Waals surface area contributed by atoms with Gasteiger partial charge < -0.3 is 10.6 Å². The Morgan fingerprint density at radius 3 is 2.21 bits per heavy atom. The molecule has 2 fully saturated rings. The van der Waals surface area contributed by atoms with Gasteiger partial charge in [0.2, 0.25) is 5.91 Å². The number of likely N-dealkylation sites (tertiary alicyclic amines) is 1. The minimum Gasteiger partial charge on any atom is -0.341 e. The Balaban J connectivity index is 0.00000180. The van der Waals surface area contributed by atoms with E-state index in [9.17, 15) is 13.6 Å². The maximum absolute atomic E-state index is 13.0. The van der Waals surface area contributed by atoms with Crippen molar-refractivity contribution in [2.75, 3.05) is 13.1 Å². The largest absolute Gasteiger partial charge is 0.341 e. The highest BCUT2D eigenvalue weighted by Crippen LogP contribution is 2.30. The van der Waals surface area contributed by atoms with E-state index in [0.717, 1.165) is 25.7 Å². The first kappa shape index (κ1) is 16.6. The molecule has 1 aliphatic carbocycles. The summed E-state index contributed by atoms with van der Waals surface area (Å²) in [6.45, 7) is 0.290. The zero-order valence-corrected chi connectivity index (χ0v) is 11.9. The summed E-state index contributed by atoms with van der Waals surface area (Å²) >= 11 is 0. The summed E-state index contributed by atoms with van der Waals surface area (Å²) in [5.41, 5.74) is 6.01. The first-order valence-corrected chi connectivity index (χ1v) is 6.92. The van der Waals surface area contributed by atoms with Crippen LogP contribution in [0.3, 0.4) is 0 Å². The summed E-state index contributed by atoms with van der Waals surface area (Å²) in [7, 11) is 0. The van der Waals surface area contributed by atoms with Gasteiger partial charge in [0.15, 0.2) is 0 Å². The quantitative estimate of drug-likeness (QED) is 0.851. The molecule has 1 amide bonds. The fraction of sp³-hybridized carbons (Fsp3) is 0.923. The summed E-state index contributed by atoms with van der Waals surface area (Å²) in [5.74, 6) is -2.49. The number of carbonyl (C=O) groups excluding carboxylic acids is 1. The second-order valence-electron chi connectivity index (χ2n) is 5.61. The minimum absolute atomic E-state index is 0. The molecule has 0 spiro atoms. The number of hydrogen-bond acceptors (Lipinski definition) is 2. The van der Waals surface area contributed by atoms with Crippen molar-refractivity contribution < 1.29 is 13.6 Å². The van der Waals surface area contributed by atoms with Crippen molar-refractivity contribution >= 4 is 18.3 Å². The molecule has 2 rings (SSSR count). The Bertz CT molecular complexity index is 299. The van der Waals surface area contributed by atoms with Gasteiger partial charge in [0.1, 0.15) is 0 Å². The van der Waals surface area contributed by atoms with Crippen LogP contribution in [0.25, 0.3) is 0 Å². The molecular formula is C13H23ClF2N2O. The van der Waals surface area contributed by atoms with Crippen molar-refractivity contribution in [3.8, 4) is 0 Å². The first-order valence-electron chi connectivity index (χ1n) is 6.92. The number of hydrogen-bond donors (Lipinski definition) is 1. The molecular weight excluding hydrogens is 274 g/mol. The smallest absolute Gasteiger partial charge is 0.251 e. The van der Waals surface area contributed by atoms with Gasteiger partial charge in [-0.05, 0) is 18.8 Å². The molecule has 0 aromatic heterocycles. The number of nitrogens with two attached hydrogens (primary N) is 1. The molecule has 0 aromatic rings. The Labute approximate surface area is 119 Å². The lowest BCUT2D eigenvalue weighted by molar-refractivity contribution is -0.140. The van der Waals surface area contributed by atoms with Crippen molar-refractivity contribution in [3.05, 3.63) is 0 Å². The lowest BCUT2D eigenvalue weighted by Gasteiger charge is -2.35. The number of nitrogens with zero attached hydrogens (tertiary/aromatic N) is 1.